The number of ketones is 3. The monoisotopic (exact) mass is 1150 g/mol. The number of carbonyl (C=O) groups is 4. The SMILES string of the molecule is CCOC(=O)c1cc([C@H]2Oc3cc(O)cc(O)c3C[C@H]2O)cc2c1C(=O)C(=O)[C@@]13O[C@@H]4Cc5c(O)cc(O)cc5O[C@@H]4[C@]21[C@@H]1C([C@H]2Oc4cc(O)cc(O)c4C[C@H]2O)=C[C@@]3(O)C(=O)c2c(O)c(O)cc([C@H]3Oc4cc(O)cc(O)c4C[C@H]3O)c21. The van der Waals surface area contributed by atoms with Gasteiger partial charge < -0.3 is 99.9 Å². The Morgan fingerprint density at radius 3 is 1.61 bits per heavy atom. The van der Waals surface area contributed by atoms with Gasteiger partial charge in [0.25, 0.3) is 0 Å². The molecular weight excluding hydrogens is 1100 g/mol. The molecule has 24 heteroatoms. The third-order valence-corrected chi connectivity index (χ3v) is 17.8. The van der Waals surface area contributed by atoms with E-state index in [1.165, 1.54) is 13.0 Å². The van der Waals surface area contributed by atoms with Crippen LogP contribution in [0.25, 0.3) is 0 Å². The molecule has 6 aromatic rings. The van der Waals surface area contributed by atoms with Gasteiger partial charge in [-0.2, -0.15) is 0 Å². The number of aromatic hydroxyl groups is 10. The first kappa shape index (κ1) is 52.6. The Balaban J connectivity index is 1.15. The summed E-state index contributed by atoms with van der Waals surface area (Å²) in [6.45, 7) is 1.08. The van der Waals surface area contributed by atoms with Crippen LogP contribution in [-0.2, 0) is 45.4 Å². The van der Waals surface area contributed by atoms with Crippen molar-refractivity contribution in [1.82, 2.24) is 0 Å². The summed E-state index contributed by atoms with van der Waals surface area (Å²) in [6, 6.07) is 11.5. The van der Waals surface area contributed by atoms with Gasteiger partial charge >= 0.3 is 5.97 Å². The minimum atomic E-state index is -3.72. The van der Waals surface area contributed by atoms with Crippen molar-refractivity contribution < 1.29 is 119 Å². The third-order valence-electron chi connectivity index (χ3n) is 17.8. The van der Waals surface area contributed by atoms with Gasteiger partial charge in [-0.05, 0) is 47.4 Å². The van der Waals surface area contributed by atoms with E-state index in [1.807, 2.05) is 0 Å². The molecule has 0 radical (unpaired) electrons. The molecule has 4 aliphatic carbocycles. The van der Waals surface area contributed by atoms with Gasteiger partial charge in [-0.3, -0.25) is 14.4 Å². The number of carbonyl (C=O) groups excluding carboxylic acids is 4. The van der Waals surface area contributed by atoms with Crippen LogP contribution in [0.2, 0.25) is 0 Å². The second-order valence-corrected chi connectivity index (χ2v) is 22.3. The van der Waals surface area contributed by atoms with Crippen molar-refractivity contribution in [3.63, 3.8) is 0 Å². The smallest absolute Gasteiger partial charge is 0.338 e. The quantitative estimate of drug-likeness (QED) is 0.0510. The summed E-state index contributed by atoms with van der Waals surface area (Å²) in [5.41, 5.74) is -14.8. The summed E-state index contributed by atoms with van der Waals surface area (Å²) >= 11 is 0. The van der Waals surface area contributed by atoms with E-state index in [1.54, 1.807) is 0 Å². The van der Waals surface area contributed by atoms with Gasteiger partial charge in [0.1, 0.15) is 93.4 Å². The minimum Gasteiger partial charge on any atom is -0.508 e. The number of esters is 1. The summed E-state index contributed by atoms with van der Waals surface area (Å²) in [5, 5.41) is 163. The van der Waals surface area contributed by atoms with E-state index < -0.39 is 210 Å². The first-order valence-corrected chi connectivity index (χ1v) is 26.5. The number of rotatable bonds is 5. The number of phenols is 10. The Bertz CT molecular complexity index is 4060. The zero-order chi connectivity index (χ0) is 59.3. The number of fused-ring (bicyclic) bond motifs is 6. The third kappa shape index (κ3) is 6.69. The van der Waals surface area contributed by atoms with Gasteiger partial charge in [0.15, 0.2) is 28.8 Å². The Labute approximate surface area is 471 Å². The molecule has 1 saturated heterocycles. The molecule has 432 valence electrons. The van der Waals surface area contributed by atoms with E-state index in [4.69, 9.17) is 28.4 Å². The molecule has 1 fully saturated rings. The number of hydrogen-bond acceptors (Lipinski definition) is 24. The zero-order valence-corrected chi connectivity index (χ0v) is 43.5. The standard InChI is InChI=1S/C60H48O24/c1-2-79-57(77)29-3-19(51-37(70)13-24-32(65)5-20(61)9-40(24)80-51)4-31-45(29)50(74)55(76)60-58(78)18-30(53-39(72)15-26-34(67)7-22(63)11-42(26)82-53)48(59(31,60)56-44(84-60)17-27-35(68)8-23(64)12-43(27)83-56)46-28(16-36(69)49(73)47(46)54(58)75)52-38(71)14-25-33(66)6-21(62)10-41(25)81-52/h3-12,16,18,37-39,44,48,51-53,56,61-73,78H,2,13-15,17H2,1H3/t37-,38-,39-,44-,48-,51-,52-,53-,56+,58-,59-,60+/m1/s1. The van der Waals surface area contributed by atoms with Crippen molar-refractivity contribution in [3.05, 3.63) is 140 Å². The average Bonchev–Trinajstić information content (AvgIpc) is 1.39. The van der Waals surface area contributed by atoms with Crippen molar-refractivity contribution in [2.75, 3.05) is 6.61 Å². The lowest BCUT2D eigenvalue weighted by Gasteiger charge is -2.59. The van der Waals surface area contributed by atoms with Crippen LogP contribution < -0.4 is 18.9 Å². The number of benzene rings is 6. The molecule has 2 bridgehead atoms. The van der Waals surface area contributed by atoms with Gasteiger partial charge in [0.2, 0.25) is 17.3 Å². The number of aliphatic hydroxyl groups is 4. The lowest BCUT2D eigenvalue weighted by Crippen LogP contribution is -2.78. The van der Waals surface area contributed by atoms with E-state index in [0.717, 1.165) is 66.7 Å². The molecule has 24 nitrogen and oxygen atoms in total. The van der Waals surface area contributed by atoms with Gasteiger partial charge in [-0.15, -0.1) is 0 Å². The van der Waals surface area contributed by atoms with E-state index in [-0.39, 0.29) is 63.8 Å². The molecule has 0 spiro atoms. The molecule has 0 amide bonds. The predicted octanol–water partition coefficient (Wildman–Crippen LogP) is 3.15. The first-order chi connectivity index (χ1) is 39.9. The Morgan fingerprint density at radius 1 is 0.571 bits per heavy atom. The van der Waals surface area contributed by atoms with Crippen LogP contribution in [0.15, 0.2) is 78.4 Å². The second kappa shape index (κ2) is 17.5. The fourth-order valence-electron chi connectivity index (χ4n) is 14.6. The van der Waals surface area contributed by atoms with Crippen molar-refractivity contribution in [2.24, 2.45) is 0 Å². The summed E-state index contributed by atoms with van der Waals surface area (Å²) in [7, 11) is 0. The lowest BCUT2D eigenvalue weighted by molar-refractivity contribution is -0.178. The van der Waals surface area contributed by atoms with Gasteiger partial charge in [-0.25, -0.2) is 4.79 Å². The maximum absolute atomic E-state index is 16.5. The predicted molar refractivity (Wildman–Crippen MR) is 278 cm³/mol. The van der Waals surface area contributed by atoms with Gasteiger partial charge in [0, 0.05) is 114 Å². The molecular formula is C60H48O24. The highest BCUT2D eigenvalue weighted by molar-refractivity contribution is 6.50. The van der Waals surface area contributed by atoms with Crippen molar-refractivity contribution in [3.8, 4) is 80.5 Å². The topological polar surface area (TPSA) is 407 Å². The molecule has 14 N–H and O–H groups in total. The Morgan fingerprint density at radius 2 is 1.06 bits per heavy atom. The maximum Gasteiger partial charge on any atom is 0.338 e. The normalized spacial score (nSPS) is 29.9. The molecule has 6 aromatic carbocycles. The first-order valence-electron chi connectivity index (χ1n) is 26.5. The largest absolute Gasteiger partial charge is 0.508 e. The highest BCUT2D eigenvalue weighted by Gasteiger charge is 2.88. The molecule has 0 unspecified atom stereocenters. The number of ether oxygens (including phenoxy) is 6. The average molecular weight is 1150 g/mol. The lowest BCUT2D eigenvalue weighted by atomic mass is 9.43. The van der Waals surface area contributed by atoms with Gasteiger partial charge in [0.05, 0.1) is 41.5 Å². The minimum absolute atomic E-state index is 0.0172. The summed E-state index contributed by atoms with van der Waals surface area (Å²) in [6.07, 6.45) is -15.5. The molecule has 5 heterocycles. The summed E-state index contributed by atoms with van der Waals surface area (Å²) in [5.74, 6) is -15.9. The van der Waals surface area contributed by atoms with Crippen LogP contribution in [-0.4, -0.2) is 149 Å². The molecule has 15 rings (SSSR count). The van der Waals surface area contributed by atoms with Crippen molar-refractivity contribution in [2.45, 2.75) is 104 Å². The molecule has 0 saturated carbocycles. The maximum atomic E-state index is 16.5. The van der Waals surface area contributed by atoms with E-state index in [9.17, 15) is 76.3 Å². The number of Topliss-reactive ketones (excluding diaryl/α,β-unsaturated/α-hetero) is 3. The molecule has 12 atom stereocenters. The summed E-state index contributed by atoms with van der Waals surface area (Å²) < 4.78 is 38.9. The molecule has 5 aliphatic heterocycles. The number of phenolic OH excluding ortho intramolecular Hbond substituents is 10. The highest BCUT2D eigenvalue weighted by Crippen LogP contribution is 2.74. The number of hydrogen-bond donors (Lipinski definition) is 14. The van der Waals surface area contributed by atoms with Crippen molar-refractivity contribution >= 4 is 23.3 Å². The Kier molecular flexibility index (Phi) is 11.0. The van der Waals surface area contributed by atoms with Crippen LogP contribution in [0.4, 0.5) is 0 Å². The van der Waals surface area contributed by atoms with Crippen LogP contribution in [0.1, 0.15) is 101 Å². The molecule has 9 aliphatic rings. The molecule has 0 aromatic heterocycles. The van der Waals surface area contributed by atoms with Crippen LogP contribution in [0, 0.1) is 0 Å². The van der Waals surface area contributed by atoms with E-state index >= 15 is 14.4 Å². The Hall–Kier alpha value is -9.46. The van der Waals surface area contributed by atoms with Crippen LogP contribution in [0.5, 0.6) is 80.5 Å². The van der Waals surface area contributed by atoms with Crippen molar-refractivity contribution in [1.29, 1.82) is 0 Å². The van der Waals surface area contributed by atoms with E-state index in [2.05, 4.69) is 0 Å². The second-order valence-electron chi connectivity index (χ2n) is 22.3. The molecule has 84 heavy (non-hydrogen) atoms. The van der Waals surface area contributed by atoms with Gasteiger partial charge in [-0.1, -0.05) is 6.07 Å². The fourth-order valence-corrected chi connectivity index (χ4v) is 14.6. The number of aliphatic hydroxyl groups excluding tert-OH is 3. The van der Waals surface area contributed by atoms with Crippen LogP contribution in [0.3, 0.4) is 0 Å². The van der Waals surface area contributed by atoms with Crippen LogP contribution >= 0.6 is 0 Å². The zero-order valence-electron chi connectivity index (χ0n) is 43.5. The summed E-state index contributed by atoms with van der Waals surface area (Å²) in [4.78, 5) is 63.6. The highest BCUT2D eigenvalue weighted by atomic mass is 16.6. The van der Waals surface area contributed by atoms with E-state index in [0.29, 0.717) is 0 Å². The fraction of sp³-hybridized carbons (Fsp3) is 0.300.